The van der Waals surface area contributed by atoms with Crippen molar-refractivity contribution in [3.8, 4) is 22.9 Å². The zero-order valence-electron chi connectivity index (χ0n) is 18.0. The first-order valence-corrected chi connectivity index (χ1v) is 10.0. The minimum absolute atomic E-state index is 0.0172. The van der Waals surface area contributed by atoms with Gasteiger partial charge in [0.05, 0.1) is 23.5 Å². The number of carbonyl (C=O) groups is 1. The quantitative estimate of drug-likeness (QED) is 0.239. The molecule has 2 aromatic carbocycles. The lowest BCUT2D eigenvalue weighted by atomic mass is 10.1. The highest BCUT2D eigenvalue weighted by atomic mass is 19.1. The predicted molar refractivity (Wildman–Crippen MR) is 116 cm³/mol. The van der Waals surface area contributed by atoms with E-state index in [1.165, 1.54) is 5.01 Å². The van der Waals surface area contributed by atoms with Crippen LogP contribution < -0.4 is 10.6 Å². The summed E-state index contributed by atoms with van der Waals surface area (Å²) in [6, 6.07) is 10.5. The fraction of sp³-hybridized carbons (Fsp3) is 0.130. The highest BCUT2D eigenvalue weighted by Crippen LogP contribution is 2.29. The predicted octanol–water partition coefficient (Wildman–Crippen LogP) is 3.78. The van der Waals surface area contributed by atoms with Gasteiger partial charge in [-0.05, 0) is 11.6 Å². The molecular formula is C23H19F3N6O2. The summed E-state index contributed by atoms with van der Waals surface area (Å²) in [7, 11) is 1.84. The molecule has 2 aromatic heterocycles. The molecule has 11 heteroatoms. The van der Waals surface area contributed by atoms with Gasteiger partial charge in [0.1, 0.15) is 12.1 Å². The van der Waals surface area contributed by atoms with Crippen LogP contribution in [0.3, 0.4) is 0 Å². The summed E-state index contributed by atoms with van der Waals surface area (Å²) in [5.74, 6) is 1.21. The van der Waals surface area contributed by atoms with Crippen LogP contribution >= 0.6 is 0 Å². The molecule has 0 saturated carbocycles. The van der Waals surface area contributed by atoms with Crippen LogP contribution in [0.15, 0.2) is 55.0 Å². The van der Waals surface area contributed by atoms with Gasteiger partial charge >= 0.3 is 0 Å². The van der Waals surface area contributed by atoms with E-state index in [1.54, 1.807) is 4.68 Å². The maximum absolute atomic E-state index is 14.0. The molecule has 2 heterocycles. The summed E-state index contributed by atoms with van der Waals surface area (Å²) >= 11 is 0. The highest BCUT2D eigenvalue weighted by Gasteiger charge is 2.19. The molecule has 0 atom stereocenters. The largest absolute Gasteiger partial charge is 0.432 e. The van der Waals surface area contributed by atoms with Crippen molar-refractivity contribution in [1.82, 2.24) is 24.8 Å². The van der Waals surface area contributed by atoms with Crippen LogP contribution in [-0.4, -0.2) is 31.0 Å². The Morgan fingerprint density at radius 3 is 2.38 bits per heavy atom. The molecule has 174 valence electrons. The number of aldehydes is 1. The Morgan fingerprint density at radius 2 is 1.76 bits per heavy atom. The number of nitrogens with zero attached hydrogens (tertiary/aromatic N) is 5. The van der Waals surface area contributed by atoms with Gasteiger partial charge in [-0.2, -0.15) is 5.10 Å². The molecule has 0 saturated heterocycles. The van der Waals surface area contributed by atoms with Crippen LogP contribution in [0.25, 0.3) is 11.3 Å². The number of carbonyl (C=O) groups excluding carboxylic acids is 1. The Kier molecular flexibility index (Phi) is 6.66. The number of rotatable bonds is 8. The summed E-state index contributed by atoms with van der Waals surface area (Å²) in [4.78, 5) is 19.5. The molecule has 0 fully saturated rings. The second-order valence-electron chi connectivity index (χ2n) is 7.43. The SMILES string of the molecule is Cn1ccc(-c2ccc(CN(N)Cc3ncnc(Oc4c(F)cc(F)cc4F)c3C=O)cc2)n1. The fourth-order valence-corrected chi connectivity index (χ4v) is 3.30. The van der Waals surface area contributed by atoms with E-state index >= 15 is 0 Å². The van der Waals surface area contributed by atoms with Crippen molar-refractivity contribution >= 4 is 6.29 Å². The van der Waals surface area contributed by atoms with E-state index in [0.717, 1.165) is 23.1 Å². The fourth-order valence-electron chi connectivity index (χ4n) is 3.30. The van der Waals surface area contributed by atoms with Crippen LogP contribution in [0.2, 0.25) is 0 Å². The molecular weight excluding hydrogens is 449 g/mol. The van der Waals surface area contributed by atoms with E-state index in [2.05, 4.69) is 15.1 Å². The third kappa shape index (κ3) is 5.11. The summed E-state index contributed by atoms with van der Waals surface area (Å²) in [5, 5.41) is 5.77. The lowest BCUT2D eigenvalue weighted by Crippen LogP contribution is -2.30. The molecule has 4 rings (SSSR count). The summed E-state index contributed by atoms with van der Waals surface area (Å²) < 4.78 is 47.9. The molecule has 34 heavy (non-hydrogen) atoms. The first-order chi connectivity index (χ1) is 16.3. The monoisotopic (exact) mass is 468 g/mol. The first kappa shape index (κ1) is 23.1. The van der Waals surface area contributed by atoms with Crippen LogP contribution in [0.1, 0.15) is 21.6 Å². The molecule has 0 aliphatic rings. The Labute approximate surface area is 192 Å². The summed E-state index contributed by atoms with van der Waals surface area (Å²) in [6.07, 6.45) is 3.33. The van der Waals surface area contributed by atoms with Gasteiger partial charge in [-0.25, -0.2) is 28.1 Å². The zero-order valence-corrected chi connectivity index (χ0v) is 18.0. The molecule has 4 aromatic rings. The number of halogens is 3. The number of hydrogen-bond acceptors (Lipinski definition) is 7. The second-order valence-corrected chi connectivity index (χ2v) is 7.43. The smallest absolute Gasteiger partial charge is 0.233 e. The van der Waals surface area contributed by atoms with Crippen molar-refractivity contribution < 1.29 is 22.7 Å². The second kappa shape index (κ2) is 9.81. The molecule has 0 aliphatic carbocycles. The Bertz CT molecular complexity index is 1300. The Balaban J connectivity index is 1.49. The average molecular weight is 468 g/mol. The van der Waals surface area contributed by atoms with Gasteiger partial charge < -0.3 is 4.74 Å². The van der Waals surface area contributed by atoms with Gasteiger partial charge in [-0.15, -0.1) is 0 Å². The van der Waals surface area contributed by atoms with Gasteiger partial charge in [-0.1, -0.05) is 24.3 Å². The number of aryl methyl sites for hydroxylation is 1. The number of nitrogens with two attached hydrogens (primary N) is 1. The number of hydrogen-bond donors (Lipinski definition) is 1. The lowest BCUT2D eigenvalue weighted by molar-refractivity contribution is 0.111. The summed E-state index contributed by atoms with van der Waals surface area (Å²) in [5.41, 5.74) is 2.75. The van der Waals surface area contributed by atoms with Crippen LogP contribution in [0.5, 0.6) is 11.6 Å². The van der Waals surface area contributed by atoms with Crippen LogP contribution in [0.4, 0.5) is 13.2 Å². The molecule has 0 bridgehead atoms. The third-order valence-electron chi connectivity index (χ3n) is 4.91. The molecule has 0 spiro atoms. The Hall–Kier alpha value is -4.09. The van der Waals surface area contributed by atoms with E-state index in [0.29, 0.717) is 25.0 Å². The van der Waals surface area contributed by atoms with Gasteiger partial charge in [0.2, 0.25) is 11.6 Å². The van der Waals surface area contributed by atoms with E-state index < -0.39 is 23.2 Å². The molecule has 0 unspecified atom stereocenters. The van der Waals surface area contributed by atoms with Gasteiger partial charge in [-0.3, -0.25) is 15.3 Å². The summed E-state index contributed by atoms with van der Waals surface area (Å²) in [6.45, 7) is 0.339. The van der Waals surface area contributed by atoms with Crippen molar-refractivity contribution in [2.75, 3.05) is 0 Å². The third-order valence-corrected chi connectivity index (χ3v) is 4.91. The van der Waals surface area contributed by atoms with E-state index in [4.69, 9.17) is 10.6 Å². The van der Waals surface area contributed by atoms with Gasteiger partial charge in [0, 0.05) is 37.5 Å². The molecule has 0 radical (unpaired) electrons. The molecule has 8 nitrogen and oxygen atoms in total. The van der Waals surface area contributed by atoms with Crippen LogP contribution in [0, 0.1) is 17.5 Å². The molecule has 2 N–H and O–H groups in total. The standard InChI is InChI=1S/C23H19F3N6O2/c1-31-7-6-20(30-31)15-4-2-14(3-5-15)10-32(27)11-21-17(12-33)23(29-13-28-21)34-22-18(25)8-16(24)9-19(22)26/h2-9,12-13H,10-11,27H2,1H3. The van der Waals surface area contributed by atoms with Crippen molar-refractivity contribution in [3.05, 3.63) is 89.3 Å². The average Bonchev–Trinajstić information content (AvgIpc) is 3.23. The van der Waals surface area contributed by atoms with Gasteiger partial charge in [0.25, 0.3) is 0 Å². The number of hydrazine groups is 1. The normalized spacial score (nSPS) is 11.1. The van der Waals surface area contributed by atoms with E-state index in [9.17, 15) is 18.0 Å². The number of benzene rings is 2. The van der Waals surface area contributed by atoms with Crippen molar-refractivity contribution in [3.63, 3.8) is 0 Å². The lowest BCUT2D eigenvalue weighted by Gasteiger charge is -2.18. The molecule has 0 aliphatic heterocycles. The Morgan fingerprint density at radius 1 is 1.06 bits per heavy atom. The number of ether oxygens (including phenoxy) is 1. The van der Waals surface area contributed by atoms with Crippen LogP contribution in [-0.2, 0) is 20.1 Å². The minimum Gasteiger partial charge on any atom is -0.432 e. The van der Waals surface area contributed by atoms with E-state index in [1.807, 2.05) is 43.6 Å². The van der Waals surface area contributed by atoms with Crippen molar-refractivity contribution in [2.24, 2.45) is 12.9 Å². The van der Waals surface area contributed by atoms with Crippen molar-refractivity contribution in [1.29, 1.82) is 0 Å². The molecule has 0 amide bonds. The first-order valence-electron chi connectivity index (χ1n) is 10.0. The van der Waals surface area contributed by atoms with Crippen molar-refractivity contribution in [2.45, 2.75) is 13.1 Å². The maximum atomic E-state index is 14.0. The minimum atomic E-state index is -1.27. The van der Waals surface area contributed by atoms with E-state index in [-0.39, 0.29) is 23.7 Å². The van der Waals surface area contributed by atoms with Gasteiger partial charge in [0.15, 0.2) is 17.9 Å². The topological polar surface area (TPSA) is 99.2 Å². The maximum Gasteiger partial charge on any atom is 0.233 e. The highest BCUT2D eigenvalue weighted by molar-refractivity contribution is 5.80. The zero-order chi connectivity index (χ0) is 24.2. The number of aromatic nitrogens is 4.